The molecule has 10 heteroatoms. The molecule has 2 aromatic carbocycles. The quantitative estimate of drug-likeness (QED) is 0.423. The van der Waals surface area contributed by atoms with Crippen LogP contribution in [0.3, 0.4) is 0 Å². The summed E-state index contributed by atoms with van der Waals surface area (Å²) in [7, 11) is -2.29. The van der Waals surface area contributed by atoms with Gasteiger partial charge in [-0.1, -0.05) is 25.1 Å². The van der Waals surface area contributed by atoms with Crippen LogP contribution in [0.4, 0.5) is 5.69 Å². The van der Waals surface area contributed by atoms with Gasteiger partial charge in [0.2, 0.25) is 10.0 Å². The molecule has 168 valence electrons. The first-order valence-electron chi connectivity index (χ1n) is 9.93. The van der Waals surface area contributed by atoms with E-state index in [9.17, 15) is 18.0 Å². The van der Waals surface area contributed by atoms with E-state index in [1.54, 1.807) is 24.3 Å². The van der Waals surface area contributed by atoms with E-state index >= 15 is 0 Å². The highest BCUT2D eigenvalue weighted by molar-refractivity contribution is 7.89. The highest BCUT2D eigenvalue weighted by atomic mass is 32.2. The molecule has 0 aliphatic carbocycles. The van der Waals surface area contributed by atoms with Crippen molar-refractivity contribution in [2.24, 2.45) is 0 Å². The Morgan fingerprint density at radius 2 is 1.91 bits per heavy atom. The van der Waals surface area contributed by atoms with E-state index in [0.717, 1.165) is 0 Å². The van der Waals surface area contributed by atoms with Crippen molar-refractivity contribution in [1.82, 2.24) is 14.7 Å². The third-order valence-electron chi connectivity index (χ3n) is 4.56. The lowest BCUT2D eigenvalue weighted by Crippen LogP contribution is -2.27. The number of rotatable bonds is 9. The van der Waals surface area contributed by atoms with Crippen molar-refractivity contribution in [2.75, 3.05) is 25.6 Å². The van der Waals surface area contributed by atoms with Crippen molar-refractivity contribution in [1.29, 1.82) is 0 Å². The second kappa shape index (κ2) is 10.3. The van der Waals surface area contributed by atoms with Crippen molar-refractivity contribution < 1.29 is 17.9 Å². The molecule has 3 aromatic rings. The lowest BCUT2D eigenvalue weighted by molar-refractivity contribution is 0.102. The number of anilines is 1. The Morgan fingerprint density at radius 1 is 1.12 bits per heavy atom. The van der Waals surface area contributed by atoms with E-state index in [2.05, 4.69) is 20.0 Å². The molecule has 0 radical (unpaired) electrons. The van der Waals surface area contributed by atoms with Gasteiger partial charge in [-0.3, -0.25) is 9.59 Å². The van der Waals surface area contributed by atoms with Gasteiger partial charge in [0.25, 0.3) is 11.5 Å². The first kappa shape index (κ1) is 23.3. The maximum atomic E-state index is 12.7. The van der Waals surface area contributed by atoms with Gasteiger partial charge in [-0.25, -0.2) is 18.1 Å². The summed E-state index contributed by atoms with van der Waals surface area (Å²) in [4.78, 5) is 31.7. The van der Waals surface area contributed by atoms with Gasteiger partial charge in [-0.05, 0) is 36.8 Å². The first-order valence-corrected chi connectivity index (χ1v) is 11.4. The number of amides is 1. The molecule has 0 aliphatic rings. The van der Waals surface area contributed by atoms with Gasteiger partial charge in [0.1, 0.15) is 5.82 Å². The number of methoxy groups -OCH3 is 1. The summed E-state index contributed by atoms with van der Waals surface area (Å²) < 4.78 is 32.0. The van der Waals surface area contributed by atoms with Gasteiger partial charge in [0, 0.05) is 42.2 Å². The van der Waals surface area contributed by atoms with Crippen LogP contribution in [-0.2, 0) is 21.2 Å². The van der Waals surface area contributed by atoms with Gasteiger partial charge in [-0.2, -0.15) is 0 Å². The maximum Gasteiger partial charge on any atom is 0.255 e. The summed E-state index contributed by atoms with van der Waals surface area (Å²) in [6.45, 7) is 2.26. The number of carbonyl (C=O) groups is 1. The number of nitrogens with one attached hydrogen (secondary N) is 3. The summed E-state index contributed by atoms with van der Waals surface area (Å²) in [5.41, 5.74) is 1.70. The Morgan fingerprint density at radius 3 is 2.66 bits per heavy atom. The van der Waals surface area contributed by atoms with Crippen LogP contribution in [0.25, 0.3) is 11.4 Å². The fourth-order valence-electron chi connectivity index (χ4n) is 2.94. The van der Waals surface area contributed by atoms with E-state index in [0.29, 0.717) is 29.2 Å². The second-order valence-electron chi connectivity index (χ2n) is 6.89. The SMILES string of the molecule is CCc1cc(=O)[nH]c(-c2cccc(NC(=O)c3cccc(S(=O)(=O)NCCOC)c3)c2)n1. The van der Waals surface area contributed by atoms with Crippen molar-refractivity contribution >= 4 is 21.6 Å². The largest absolute Gasteiger partial charge is 0.383 e. The van der Waals surface area contributed by atoms with Crippen molar-refractivity contribution in [3.63, 3.8) is 0 Å². The minimum Gasteiger partial charge on any atom is -0.383 e. The molecular weight excluding hydrogens is 432 g/mol. The number of nitrogens with zero attached hydrogens (tertiary/aromatic N) is 1. The van der Waals surface area contributed by atoms with E-state index in [1.165, 1.54) is 37.4 Å². The van der Waals surface area contributed by atoms with Gasteiger partial charge in [-0.15, -0.1) is 0 Å². The molecule has 0 unspecified atom stereocenters. The normalized spacial score (nSPS) is 11.3. The van der Waals surface area contributed by atoms with Crippen LogP contribution < -0.4 is 15.6 Å². The standard InChI is InChI=1S/C22H24N4O5S/c1-3-17-14-20(27)26-21(24-17)15-6-4-8-18(12-15)25-22(28)16-7-5-9-19(13-16)32(29,30)23-10-11-31-2/h4-9,12-14,23H,3,10-11H2,1-2H3,(H,25,28)(H,24,26,27). The van der Waals surface area contributed by atoms with Crippen LogP contribution >= 0.6 is 0 Å². The molecule has 0 saturated heterocycles. The summed E-state index contributed by atoms with van der Waals surface area (Å²) in [6.07, 6.45) is 0.618. The number of hydrogen-bond acceptors (Lipinski definition) is 6. The predicted molar refractivity (Wildman–Crippen MR) is 121 cm³/mol. The van der Waals surface area contributed by atoms with Gasteiger partial charge in [0.15, 0.2) is 0 Å². The summed E-state index contributed by atoms with van der Waals surface area (Å²) >= 11 is 0. The lowest BCUT2D eigenvalue weighted by Gasteiger charge is -2.10. The Bertz CT molecular complexity index is 1270. The first-order chi connectivity index (χ1) is 15.3. The monoisotopic (exact) mass is 456 g/mol. The second-order valence-corrected chi connectivity index (χ2v) is 8.66. The smallest absolute Gasteiger partial charge is 0.255 e. The summed E-state index contributed by atoms with van der Waals surface area (Å²) in [5.74, 6) is -0.0690. The van der Waals surface area contributed by atoms with E-state index < -0.39 is 15.9 Å². The number of aryl methyl sites for hydroxylation is 1. The fourth-order valence-corrected chi connectivity index (χ4v) is 4.00. The summed E-state index contributed by atoms with van der Waals surface area (Å²) in [5, 5.41) is 2.75. The fraction of sp³-hybridized carbons (Fsp3) is 0.227. The van der Waals surface area contributed by atoms with Crippen molar-refractivity contribution in [3.05, 3.63) is 76.2 Å². The molecule has 9 nitrogen and oxygen atoms in total. The molecule has 0 bridgehead atoms. The Kier molecular flexibility index (Phi) is 7.52. The maximum absolute atomic E-state index is 12.7. The van der Waals surface area contributed by atoms with Gasteiger partial charge in [0.05, 0.1) is 11.5 Å². The van der Waals surface area contributed by atoms with E-state index in [-0.39, 0.29) is 29.2 Å². The lowest BCUT2D eigenvalue weighted by atomic mass is 10.1. The van der Waals surface area contributed by atoms with Crippen LogP contribution in [0.15, 0.2) is 64.3 Å². The number of aromatic nitrogens is 2. The number of H-pyrrole nitrogens is 1. The molecule has 0 fully saturated rings. The summed E-state index contributed by atoms with van der Waals surface area (Å²) in [6, 6.07) is 14.1. The van der Waals surface area contributed by atoms with Crippen LogP contribution in [0.2, 0.25) is 0 Å². The third kappa shape index (κ3) is 5.88. The topological polar surface area (TPSA) is 130 Å². The van der Waals surface area contributed by atoms with E-state index in [4.69, 9.17) is 4.74 Å². The highest BCUT2D eigenvalue weighted by Crippen LogP contribution is 2.20. The molecule has 1 amide bonds. The van der Waals surface area contributed by atoms with Crippen LogP contribution in [0, 0.1) is 0 Å². The average Bonchev–Trinajstić information content (AvgIpc) is 2.79. The molecule has 3 N–H and O–H groups in total. The highest BCUT2D eigenvalue weighted by Gasteiger charge is 2.16. The zero-order valence-corrected chi connectivity index (χ0v) is 18.5. The number of sulfonamides is 1. The molecule has 3 rings (SSSR count). The molecular formula is C22H24N4O5S. The average molecular weight is 457 g/mol. The van der Waals surface area contributed by atoms with Crippen molar-refractivity contribution in [2.45, 2.75) is 18.2 Å². The zero-order valence-electron chi connectivity index (χ0n) is 17.7. The predicted octanol–water partition coefficient (Wildman–Crippen LogP) is 2.18. The van der Waals surface area contributed by atoms with Gasteiger partial charge < -0.3 is 15.0 Å². The van der Waals surface area contributed by atoms with Crippen LogP contribution in [0.1, 0.15) is 23.0 Å². The number of carbonyl (C=O) groups excluding carboxylic acids is 1. The molecule has 1 heterocycles. The van der Waals surface area contributed by atoms with Crippen LogP contribution in [0.5, 0.6) is 0 Å². The van der Waals surface area contributed by atoms with Crippen molar-refractivity contribution in [3.8, 4) is 11.4 Å². The molecule has 32 heavy (non-hydrogen) atoms. The minimum atomic E-state index is -3.77. The molecule has 0 atom stereocenters. The van der Waals surface area contributed by atoms with Crippen LogP contribution in [-0.4, -0.2) is 44.6 Å². The molecule has 0 aliphatic heterocycles. The van der Waals surface area contributed by atoms with Gasteiger partial charge >= 0.3 is 0 Å². The molecule has 0 saturated carbocycles. The zero-order chi connectivity index (χ0) is 23.1. The molecule has 1 aromatic heterocycles. The Hall–Kier alpha value is -3.34. The van der Waals surface area contributed by atoms with E-state index in [1.807, 2.05) is 6.92 Å². The third-order valence-corrected chi connectivity index (χ3v) is 6.01. The Balaban J connectivity index is 1.81. The molecule has 0 spiro atoms. The number of benzene rings is 2. The number of hydrogen-bond donors (Lipinski definition) is 3. The minimum absolute atomic E-state index is 0.0202. The number of aromatic amines is 1. The number of ether oxygens (including phenoxy) is 1. The Labute approximate surface area is 185 Å².